The van der Waals surface area contributed by atoms with Crippen LogP contribution >= 0.6 is 0 Å². The summed E-state index contributed by atoms with van der Waals surface area (Å²) in [5.41, 5.74) is 8.03. The Balaban J connectivity index is 2.06. The lowest BCUT2D eigenvalue weighted by molar-refractivity contribution is 0.421. The number of hydrogen-bond donors (Lipinski definition) is 2. The van der Waals surface area contributed by atoms with E-state index in [1.165, 1.54) is 6.26 Å². The predicted octanol–water partition coefficient (Wildman–Crippen LogP) is 2.32. The lowest BCUT2D eigenvalue weighted by Crippen LogP contribution is -2.13. The van der Waals surface area contributed by atoms with E-state index >= 15 is 0 Å². The molecule has 1 aromatic carbocycles. The number of aromatic nitrogens is 3. The molecule has 2 heterocycles. The van der Waals surface area contributed by atoms with Crippen LogP contribution in [0.15, 0.2) is 41.1 Å². The van der Waals surface area contributed by atoms with Crippen LogP contribution in [0.3, 0.4) is 0 Å². The zero-order valence-electron chi connectivity index (χ0n) is 11.9. The maximum atomic E-state index is 14.2. The van der Waals surface area contributed by atoms with Gasteiger partial charge in [-0.05, 0) is 18.6 Å². The molecule has 3 rings (SSSR count). The average molecular weight is 299 g/mol. The van der Waals surface area contributed by atoms with Crippen molar-refractivity contribution in [1.82, 2.24) is 14.9 Å². The Labute approximate surface area is 125 Å². The number of nitrogen functional groups attached to an aromatic ring is 1. The van der Waals surface area contributed by atoms with Crippen molar-refractivity contribution >= 4 is 5.84 Å². The Hall–Kier alpha value is -2.96. The first-order valence-electron chi connectivity index (χ1n) is 6.63. The summed E-state index contributed by atoms with van der Waals surface area (Å²) in [5, 5.41) is 15.6. The second-order valence-electron chi connectivity index (χ2n) is 4.92. The summed E-state index contributed by atoms with van der Waals surface area (Å²) in [5.74, 6) is -0.429. The number of nitrogens with one attached hydrogen (secondary N) is 1. The number of aryl methyl sites for hydroxylation is 1. The minimum atomic E-state index is -0.270. The van der Waals surface area contributed by atoms with E-state index in [1.807, 2.05) is 0 Å². The molecule has 7 heteroatoms. The van der Waals surface area contributed by atoms with Crippen LogP contribution in [0, 0.1) is 18.2 Å². The first-order chi connectivity index (χ1) is 10.6. The number of amidine groups is 1. The Morgan fingerprint density at radius 3 is 2.91 bits per heavy atom. The zero-order chi connectivity index (χ0) is 15.7. The van der Waals surface area contributed by atoms with Crippen molar-refractivity contribution in [3.05, 3.63) is 59.2 Å². The molecule has 22 heavy (non-hydrogen) atoms. The van der Waals surface area contributed by atoms with Crippen molar-refractivity contribution in [2.45, 2.75) is 13.5 Å². The minimum absolute atomic E-state index is 0.159. The summed E-state index contributed by atoms with van der Waals surface area (Å²) in [4.78, 5) is 0. The summed E-state index contributed by atoms with van der Waals surface area (Å²) in [7, 11) is 0. The predicted molar refractivity (Wildman–Crippen MR) is 79.0 cm³/mol. The summed E-state index contributed by atoms with van der Waals surface area (Å²) < 4.78 is 20.6. The molecule has 0 saturated carbocycles. The van der Waals surface area contributed by atoms with E-state index in [2.05, 4.69) is 10.3 Å². The first kappa shape index (κ1) is 14.0. The normalized spacial score (nSPS) is 10.8. The van der Waals surface area contributed by atoms with Gasteiger partial charge in [-0.3, -0.25) is 10.1 Å². The standard InChI is InChI=1S/C15H14FN5O/c1-9-3-2-4-10(14(9)16)8-21-13(11-5-6-22-20-11)7-12(19-21)15(17)18/h2-7H,8H2,1H3,(H3,17,18). The van der Waals surface area contributed by atoms with Crippen molar-refractivity contribution in [3.8, 4) is 11.4 Å². The SMILES string of the molecule is Cc1cccc(Cn2nc(C(=N)N)cc2-c2ccon2)c1F. The molecule has 3 aromatic rings. The van der Waals surface area contributed by atoms with Crippen LogP contribution < -0.4 is 5.73 Å². The summed E-state index contributed by atoms with van der Waals surface area (Å²) in [6.07, 6.45) is 1.44. The van der Waals surface area contributed by atoms with E-state index in [9.17, 15) is 4.39 Å². The van der Waals surface area contributed by atoms with Gasteiger partial charge in [0.2, 0.25) is 0 Å². The van der Waals surface area contributed by atoms with Crippen molar-refractivity contribution in [2.75, 3.05) is 0 Å². The second kappa shape index (κ2) is 5.44. The first-order valence-corrected chi connectivity index (χ1v) is 6.63. The Morgan fingerprint density at radius 1 is 1.41 bits per heavy atom. The molecule has 0 atom stereocenters. The number of benzene rings is 1. The number of nitrogens with two attached hydrogens (primary N) is 1. The van der Waals surface area contributed by atoms with Gasteiger partial charge in [0, 0.05) is 11.6 Å². The largest absolute Gasteiger partial charge is 0.382 e. The van der Waals surface area contributed by atoms with Crippen molar-refractivity contribution < 1.29 is 8.91 Å². The highest BCUT2D eigenvalue weighted by Crippen LogP contribution is 2.21. The molecule has 0 radical (unpaired) electrons. The van der Waals surface area contributed by atoms with Crippen LogP contribution in [-0.2, 0) is 6.54 Å². The van der Waals surface area contributed by atoms with Gasteiger partial charge in [-0.25, -0.2) is 4.39 Å². The monoisotopic (exact) mass is 299 g/mol. The molecule has 2 aromatic heterocycles. The molecular formula is C15H14FN5O. The van der Waals surface area contributed by atoms with Crippen LogP contribution in [0.5, 0.6) is 0 Å². The molecule has 0 amide bonds. The van der Waals surface area contributed by atoms with Gasteiger partial charge in [-0.15, -0.1) is 0 Å². The molecule has 0 spiro atoms. The van der Waals surface area contributed by atoms with Crippen LogP contribution in [0.1, 0.15) is 16.8 Å². The quantitative estimate of drug-likeness (QED) is 0.571. The van der Waals surface area contributed by atoms with Gasteiger partial charge in [0.15, 0.2) is 0 Å². The second-order valence-corrected chi connectivity index (χ2v) is 4.92. The molecule has 0 aliphatic heterocycles. The lowest BCUT2D eigenvalue weighted by Gasteiger charge is -2.08. The topological polar surface area (TPSA) is 93.7 Å². The van der Waals surface area contributed by atoms with Gasteiger partial charge < -0.3 is 10.3 Å². The van der Waals surface area contributed by atoms with Crippen LogP contribution in [0.4, 0.5) is 4.39 Å². The summed E-state index contributed by atoms with van der Waals surface area (Å²) in [6.45, 7) is 1.92. The fraction of sp³-hybridized carbons (Fsp3) is 0.133. The zero-order valence-corrected chi connectivity index (χ0v) is 11.9. The van der Waals surface area contributed by atoms with E-state index in [-0.39, 0.29) is 18.2 Å². The summed E-state index contributed by atoms with van der Waals surface area (Å²) in [6, 6.07) is 8.50. The van der Waals surface area contributed by atoms with Gasteiger partial charge in [0.05, 0.1) is 12.2 Å². The van der Waals surface area contributed by atoms with E-state index in [1.54, 1.807) is 41.9 Å². The maximum Gasteiger partial charge on any atom is 0.143 e. The lowest BCUT2D eigenvalue weighted by atomic mass is 10.1. The van der Waals surface area contributed by atoms with E-state index in [0.29, 0.717) is 28.2 Å². The third-order valence-electron chi connectivity index (χ3n) is 3.35. The molecule has 0 aliphatic carbocycles. The van der Waals surface area contributed by atoms with Crippen LogP contribution in [-0.4, -0.2) is 20.8 Å². The van der Waals surface area contributed by atoms with E-state index in [4.69, 9.17) is 15.7 Å². The number of rotatable bonds is 4. The molecule has 0 unspecified atom stereocenters. The van der Waals surface area contributed by atoms with E-state index in [0.717, 1.165) is 0 Å². The van der Waals surface area contributed by atoms with Gasteiger partial charge in [-0.1, -0.05) is 23.4 Å². The maximum absolute atomic E-state index is 14.2. The summed E-state index contributed by atoms with van der Waals surface area (Å²) >= 11 is 0. The Bertz CT molecular complexity index is 823. The Kier molecular flexibility index (Phi) is 3.46. The third-order valence-corrected chi connectivity index (χ3v) is 3.35. The molecule has 0 saturated heterocycles. The average Bonchev–Trinajstić information content (AvgIpc) is 3.12. The molecule has 0 aliphatic rings. The van der Waals surface area contributed by atoms with Gasteiger partial charge in [-0.2, -0.15) is 5.10 Å². The van der Waals surface area contributed by atoms with Crippen LogP contribution in [0.25, 0.3) is 11.4 Å². The molecule has 0 fully saturated rings. The number of hydrogen-bond acceptors (Lipinski definition) is 4. The van der Waals surface area contributed by atoms with Crippen molar-refractivity contribution in [1.29, 1.82) is 5.41 Å². The molecule has 112 valence electrons. The van der Waals surface area contributed by atoms with Gasteiger partial charge in [0.1, 0.15) is 29.3 Å². The van der Waals surface area contributed by atoms with Crippen molar-refractivity contribution in [2.24, 2.45) is 5.73 Å². The van der Waals surface area contributed by atoms with Crippen LogP contribution in [0.2, 0.25) is 0 Å². The highest BCUT2D eigenvalue weighted by Gasteiger charge is 2.16. The Morgan fingerprint density at radius 2 is 2.23 bits per heavy atom. The number of nitrogens with zero attached hydrogens (tertiary/aromatic N) is 3. The molecule has 3 N–H and O–H groups in total. The van der Waals surface area contributed by atoms with E-state index < -0.39 is 0 Å². The minimum Gasteiger partial charge on any atom is -0.382 e. The fourth-order valence-corrected chi connectivity index (χ4v) is 2.21. The van der Waals surface area contributed by atoms with Gasteiger partial charge >= 0.3 is 0 Å². The third kappa shape index (κ3) is 2.48. The highest BCUT2D eigenvalue weighted by atomic mass is 19.1. The van der Waals surface area contributed by atoms with Crippen molar-refractivity contribution in [3.63, 3.8) is 0 Å². The number of halogens is 1. The smallest absolute Gasteiger partial charge is 0.143 e. The molecular weight excluding hydrogens is 285 g/mol. The van der Waals surface area contributed by atoms with Gasteiger partial charge in [0.25, 0.3) is 0 Å². The molecule has 6 nitrogen and oxygen atoms in total. The molecule has 0 bridgehead atoms. The fourth-order valence-electron chi connectivity index (χ4n) is 2.21. The highest BCUT2D eigenvalue weighted by molar-refractivity contribution is 5.94.